The third kappa shape index (κ3) is 2.47. The van der Waals surface area contributed by atoms with Crippen LogP contribution in [0.4, 0.5) is 0 Å². The number of rotatable bonds is 2. The van der Waals surface area contributed by atoms with E-state index in [9.17, 15) is 3.07 Å². The van der Waals surface area contributed by atoms with Gasteiger partial charge in [-0.2, -0.15) is 0 Å². The molecule has 1 aliphatic rings. The summed E-state index contributed by atoms with van der Waals surface area (Å²) in [6.45, 7) is 4.28. The molecule has 0 saturated carbocycles. The molecule has 1 rings (SSSR count). The summed E-state index contributed by atoms with van der Waals surface area (Å²) in [5, 5.41) is 0. The van der Waals surface area contributed by atoms with Crippen molar-refractivity contribution < 1.29 is 3.07 Å². The van der Waals surface area contributed by atoms with Crippen LogP contribution in [-0.4, -0.2) is 41.2 Å². The van der Waals surface area contributed by atoms with Crippen LogP contribution < -0.4 is 0 Å². The van der Waals surface area contributed by atoms with Gasteiger partial charge in [0.1, 0.15) is 0 Å². The molecular formula is C8H17IN2O. The lowest BCUT2D eigenvalue weighted by molar-refractivity contribution is 0.151. The average molecular weight is 284 g/mol. The Morgan fingerprint density at radius 2 is 2.17 bits per heavy atom. The van der Waals surface area contributed by atoms with Gasteiger partial charge in [0.2, 0.25) is 21.5 Å². The predicted molar refractivity (Wildman–Crippen MR) is 57.5 cm³/mol. The van der Waals surface area contributed by atoms with Gasteiger partial charge in [0.05, 0.1) is 0 Å². The first-order valence-corrected chi connectivity index (χ1v) is 6.18. The highest BCUT2D eigenvalue weighted by Crippen LogP contribution is 2.23. The van der Waals surface area contributed by atoms with Gasteiger partial charge in [-0.15, -0.1) is 0 Å². The largest absolute Gasteiger partial charge is 0.306 e. The topological polar surface area (TPSA) is 23.6 Å². The maximum atomic E-state index is 10.7. The zero-order valence-electron chi connectivity index (χ0n) is 7.96. The summed E-state index contributed by atoms with van der Waals surface area (Å²) in [5.41, 5.74) is 0. The lowest BCUT2D eigenvalue weighted by Crippen LogP contribution is -2.44. The second-order valence-electron chi connectivity index (χ2n) is 3.73. The average Bonchev–Trinajstić information content (AvgIpc) is 2.03. The fraction of sp³-hybridized carbons (Fsp3) is 1.00. The monoisotopic (exact) mass is 284 g/mol. The second kappa shape index (κ2) is 4.62. The molecule has 0 aromatic carbocycles. The Balaban J connectivity index is 2.47. The molecule has 2 atom stereocenters. The van der Waals surface area contributed by atoms with Crippen molar-refractivity contribution in [3.05, 3.63) is 0 Å². The van der Waals surface area contributed by atoms with Gasteiger partial charge in [0.15, 0.2) is 0 Å². The molecule has 72 valence electrons. The van der Waals surface area contributed by atoms with Crippen LogP contribution in [0.1, 0.15) is 13.3 Å². The van der Waals surface area contributed by atoms with E-state index in [2.05, 4.69) is 29.0 Å². The van der Waals surface area contributed by atoms with Crippen LogP contribution in [0.3, 0.4) is 0 Å². The van der Waals surface area contributed by atoms with E-state index in [1.165, 1.54) is 0 Å². The Kier molecular flexibility index (Phi) is 4.05. The van der Waals surface area contributed by atoms with Gasteiger partial charge in [-0.3, -0.25) is 3.07 Å². The van der Waals surface area contributed by atoms with Crippen LogP contribution in [-0.2, 0) is 3.07 Å². The first kappa shape index (κ1) is 10.5. The summed E-state index contributed by atoms with van der Waals surface area (Å²) < 4.78 is 12.8. The highest BCUT2D eigenvalue weighted by Gasteiger charge is 2.27. The molecule has 0 spiro atoms. The molecule has 1 aliphatic heterocycles. The minimum Gasteiger partial charge on any atom is -0.306 e. The maximum Gasteiger partial charge on any atom is 0.239 e. The molecule has 0 amide bonds. The molecule has 1 heterocycles. The maximum absolute atomic E-state index is 10.7. The Labute approximate surface area is 85.1 Å². The molecule has 12 heavy (non-hydrogen) atoms. The van der Waals surface area contributed by atoms with Crippen molar-refractivity contribution in [1.82, 2.24) is 8.01 Å². The van der Waals surface area contributed by atoms with Gasteiger partial charge in [-0.1, -0.05) is 6.92 Å². The first-order chi connectivity index (χ1) is 5.65. The van der Waals surface area contributed by atoms with E-state index >= 15 is 0 Å². The molecule has 0 aromatic heterocycles. The van der Waals surface area contributed by atoms with E-state index in [4.69, 9.17) is 0 Å². The summed E-state index contributed by atoms with van der Waals surface area (Å²) in [5.74, 6) is 0.655. The second-order valence-corrected chi connectivity index (χ2v) is 5.49. The van der Waals surface area contributed by atoms with Crippen LogP contribution in [0.15, 0.2) is 0 Å². The zero-order valence-corrected chi connectivity index (χ0v) is 10.1. The third-order valence-electron chi connectivity index (χ3n) is 2.57. The Bertz CT molecular complexity index is 163. The number of piperidine rings is 1. The molecule has 0 radical (unpaired) electrons. The van der Waals surface area contributed by atoms with Crippen molar-refractivity contribution in [3.8, 4) is 0 Å². The molecule has 3 nitrogen and oxygen atoms in total. The van der Waals surface area contributed by atoms with E-state index < -0.39 is 21.5 Å². The number of halogens is 1. The molecule has 4 heteroatoms. The molecule has 1 fully saturated rings. The summed E-state index contributed by atoms with van der Waals surface area (Å²) >= 11 is -0.915. The molecule has 2 unspecified atom stereocenters. The van der Waals surface area contributed by atoms with E-state index in [1.807, 2.05) is 0 Å². The molecule has 1 saturated heterocycles. The van der Waals surface area contributed by atoms with Crippen molar-refractivity contribution in [1.29, 1.82) is 0 Å². The van der Waals surface area contributed by atoms with Crippen LogP contribution in [0.5, 0.6) is 0 Å². The van der Waals surface area contributed by atoms with Crippen molar-refractivity contribution in [2.45, 2.75) is 19.4 Å². The van der Waals surface area contributed by atoms with Crippen molar-refractivity contribution in [2.75, 3.05) is 27.2 Å². The fourth-order valence-corrected chi connectivity index (χ4v) is 3.17. The third-order valence-corrected chi connectivity index (χ3v) is 4.00. The summed E-state index contributed by atoms with van der Waals surface area (Å²) in [6, 6.07) is 0.678. The lowest BCUT2D eigenvalue weighted by Gasteiger charge is -2.37. The number of hydrogen-bond donors (Lipinski definition) is 0. The Hall–Kier alpha value is 0.450. The van der Waals surface area contributed by atoms with Crippen molar-refractivity contribution in [3.63, 3.8) is 0 Å². The lowest BCUT2D eigenvalue weighted by atomic mass is 9.94. The van der Waals surface area contributed by atoms with E-state index in [0.717, 1.165) is 19.5 Å². The van der Waals surface area contributed by atoms with E-state index in [0.29, 0.717) is 12.0 Å². The zero-order chi connectivity index (χ0) is 9.14. The van der Waals surface area contributed by atoms with Gasteiger partial charge in [0, 0.05) is 19.1 Å². The van der Waals surface area contributed by atoms with Crippen LogP contribution in [0, 0.1) is 5.92 Å². The molecule has 0 bridgehead atoms. The first-order valence-electron chi connectivity index (χ1n) is 4.34. The SMILES string of the molecule is CC1CN(I=O)CCC1N(C)C. The van der Waals surface area contributed by atoms with Gasteiger partial charge >= 0.3 is 0 Å². The van der Waals surface area contributed by atoms with Gasteiger partial charge < -0.3 is 4.90 Å². The molecule has 0 aromatic rings. The Morgan fingerprint density at radius 3 is 2.58 bits per heavy atom. The van der Waals surface area contributed by atoms with E-state index in [-0.39, 0.29) is 0 Å². The highest BCUT2D eigenvalue weighted by molar-refractivity contribution is 14.1. The van der Waals surface area contributed by atoms with E-state index in [1.54, 1.807) is 0 Å². The van der Waals surface area contributed by atoms with Crippen LogP contribution in [0.25, 0.3) is 0 Å². The molecule has 0 aliphatic carbocycles. The van der Waals surface area contributed by atoms with Crippen LogP contribution in [0.2, 0.25) is 0 Å². The standard InChI is InChI=1S/C8H17IN2O/c1-7-6-11(9-12)5-4-8(7)10(2)3/h7-8H,4-6H2,1-3H3. The minimum absolute atomic E-state index is 0.655. The highest BCUT2D eigenvalue weighted by atomic mass is 127. The fourth-order valence-electron chi connectivity index (χ4n) is 1.91. The summed E-state index contributed by atoms with van der Waals surface area (Å²) in [4.78, 5) is 2.28. The van der Waals surface area contributed by atoms with Crippen molar-refractivity contribution in [2.24, 2.45) is 5.92 Å². The smallest absolute Gasteiger partial charge is 0.239 e. The Morgan fingerprint density at radius 1 is 1.50 bits per heavy atom. The summed E-state index contributed by atoms with van der Waals surface area (Å²) in [6.07, 6.45) is 1.16. The predicted octanol–water partition coefficient (Wildman–Crippen LogP) is 1.49. The van der Waals surface area contributed by atoms with Crippen molar-refractivity contribution >= 4 is 21.5 Å². The molecular weight excluding hydrogens is 267 g/mol. The van der Waals surface area contributed by atoms with Gasteiger partial charge in [0.25, 0.3) is 0 Å². The normalized spacial score (nSPS) is 32.7. The number of hydrogen-bond acceptors (Lipinski definition) is 2. The number of nitrogens with zero attached hydrogens (tertiary/aromatic N) is 2. The van der Waals surface area contributed by atoms with Gasteiger partial charge in [-0.05, 0) is 26.4 Å². The summed E-state index contributed by atoms with van der Waals surface area (Å²) in [7, 11) is 4.26. The van der Waals surface area contributed by atoms with Crippen LogP contribution >= 0.6 is 21.5 Å². The molecule has 0 N–H and O–H groups in total. The van der Waals surface area contributed by atoms with Gasteiger partial charge in [-0.25, -0.2) is 3.11 Å². The quantitative estimate of drug-likeness (QED) is 0.567. The minimum atomic E-state index is -0.915.